The van der Waals surface area contributed by atoms with Crippen LogP contribution in [0.5, 0.6) is 0 Å². The van der Waals surface area contributed by atoms with Gasteiger partial charge in [0.2, 0.25) is 0 Å². The van der Waals surface area contributed by atoms with E-state index in [2.05, 4.69) is 4.98 Å². The minimum Gasteiger partial charge on any atom is -0.289 e. The van der Waals surface area contributed by atoms with Gasteiger partial charge in [0, 0.05) is 12.7 Å². The fourth-order valence-electron chi connectivity index (χ4n) is 0.651. The maximum absolute atomic E-state index is 8.91. The molecule has 3 heteroatoms. The summed E-state index contributed by atoms with van der Waals surface area (Å²) in [7, 11) is 1.56. The summed E-state index contributed by atoms with van der Waals surface area (Å²) in [5.74, 6) is 0. The molecule has 1 N–H and O–H groups in total. The fourth-order valence-corrected chi connectivity index (χ4v) is 0.651. The topological polar surface area (TPSA) is 36.4 Å². The van der Waals surface area contributed by atoms with Crippen molar-refractivity contribution in [3.63, 3.8) is 0 Å². The van der Waals surface area contributed by atoms with Crippen molar-refractivity contribution in [2.75, 3.05) is 12.1 Å². The van der Waals surface area contributed by atoms with Gasteiger partial charge in [-0.3, -0.25) is 15.3 Å². The van der Waals surface area contributed by atoms with Crippen LogP contribution in [-0.2, 0) is 0 Å². The average molecular weight is 138 g/mol. The van der Waals surface area contributed by atoms with Crippen LogP contribution in [0.25, 0.3) is 0 Å². The SMILES string of the molecule is Cc1ccc(N(C)O)cn1. The molecule has 1 rings (SSSR count). The summed E-state index contributed by atoms with van der Waals surface area (Å²) in [5.41, 5.74) is 1.65. The van der Waals surface area contributed by atoms with Crippen molar-refractivity contribution in [3.05, 3.63) is 24.0 Å². The summed E-state index contributed by atoms with van der Waals surface area (Å²) >= 11 is 0. The van der Waals surface area contributed by atoms with Crippen LogP contribution in [0.2, 0.25) is 0 Å². The zero-order valence-electron chi connectivity index (χ0n) is 6.07. The van der Waals surface area contributed by atoms with Crippen LogP contribution in [0.1, 0.15) is 5.69 Å². The first-order valence-corrected chi connectivity index (χ1v) is 3.05. The van der Waals surface area contributed by atoms with Crippen LogP contribution in [0.4, 0.5) is 5.69 Å². The molecule has 1 heterocycles. The van der Waals surface area contributed by atoms with Gasteiger partial charge in [-0.25, -0.2) is 0 Å². The number of nitrogens with zero attached hydrogens (tertiary/aromatic N) is 2. The molecule has 0 aliphatic heterocycles. The molecule has 0 aromatic carbocycles. The van der Waals surface area contributed by atoms with Crippen molar-refractivity contribution in [2.45, 2.75) is 6.92 Å². The van der Waals surface area contributed by atoms with Crippen molar-refractivity contribution in [1.82, 2.24) is 4.98 Å². The zero-order chi connectivity index (χ0) is 7.56. The molecule has 3 nitrogen and oxygen atoms in total. The molecule has 0 radical (unpaired) electrons. The molecule has 0 atom stereocenters. The third-order valence-electron chi connectivity index (χ3n) is 1.27. The molecule has 0 fully saturated rings. The third kappa shape index (κ3) is 1.45. The van der Waals surface area contributed by atoms with E-state index in [9.17, 15) is 0 Å². The number of aryl methyl sites for hydroxylation is 1. The number of pyridine rings is 1. The Labute approximate surface area is 59.9 Å². The van der Waals surface area contributed by atoms with E-state index in [1.165, 1.54) is 0 Å². The Bertz CT molecular complexity index is 205. The smallest absolute Gasteiger partial charge is 0.0814 e. The molecule has 0 amide bonds. The number of aromatic nitrogens is 1. The summed E-state index contributed by atoms with van der Waals surface area (Å²) < 4.78 is 0. The van der Waals surface area contributed by atoms with Crippen LogP contribution < -0.4 is 5.06 Å². The molecule has 10 heavy (non-hydrogen) atoms. The molecule has 0 unspecified atom stereocenters. The Morgan fingerprint density at radius 1 is 1.50 bits per heavy atom. The summed E-state index contributed by atoms with van der Waals surface area (Å²) in [6.45, 7) is 1.90. The molecular formula is C7H10N2O. The Kier molecular flexibility index (Phi) is 1.87. The summed E-state index contributed by atoms with van der Waals surface area (Å²) in [4.78, 5) is 4.00. The fraction of sp³-hybridized carbons (Fsp3) is 0.286. The van der Waals surface area contributed by atoms with E-state index in [0.717, 1.165) is 10.8 Å². The predicted molar refractivity (Wildman–Crippen MR) is 39.2 cm³/mol. The minimum atomic E-state index is 0.700. The van der Waals surface area contributed by atoms with Gasteiger partial charge in [-0.15, -0.1) is 0 Å². The standard InChI is InChI=1S/C7H10N2O/c1-6-3-4-7(5-8-6)9(2)10/h3-5,10H,1-2H3. The molecule has 0 bridgehead atoms. The van der Waals surface area contributed by atoms with Crippen LogP contribution in [0.15, 0.2) is 18.3 Å². The second-order valence-corrected chi connectivity index (χ2v) is 2.18. The molecule has 0 aliphatic carbocycles. The van der Waals surface area contributed by atoms with Gasteiger partial charge in [0.25, 0.3) is 0 Å². The van der Waals surface area contributed by atoms with Gasteiger partial charge in [-0.1, -0.05) is 0 Å². The first-order chi connectivity index (χ1) is 4.70. The second kappa shape index (κ2) is 2.66. The lowest BCUT2D eigenvalue weighted by atomic mass is 10.3. The van der Waals surface area contributed by atoms with Gasteiger partial charge in [0.05, 0.1) is 11.9 Å². The summed E-state index contributed by atoms with van der Waals surface area (Å²) in [6, 6.07) is 3.66. The van der Waals surface area contributed by atoms with Gasteiger partial charge >= 0.3 is 0 Å². The Morgan fingerprint density at radius 3 is 2.60 bits per heavy atom. The van der Waals surface area contributed by atoms with Gasteiger partial charge in [0.15, 0.2) is 0 Å². The van der Waals surface area contributed by atoms with E-state index in [1.807, 2.05) is 19.1 Å². The zero-order valence-corrected chi connectivity index (χ0v) is 6.07. The predicted octanol–water partition coefficient (Wildman–Crippen LogP) is 1.22. The Balaban J connectivity index is 2.89. The molecule has 54 valence electrons. The monoisotopic (exact) mass is 138 g/mol. The summed E-state index contributed by atoms with van der Waals surface area (Å²) in [6.07, 6.45) is 1.62. The van der Waals surface area contributed by atoms with Crippen molar-refractivity contribution >= 4 is 5.69 Å². The van der Waals surface area contributed by atoms with Crippen molar-refractivity contribution in [3.8, 4) is 0 Å². The molecule has 0 saturated carbocycles. The Hall–Kier alpha value is -1.09. The lowest BCUT2D eigenvalue weighted by molar-refractivity contribution is 0.279. The van der Waals surface area contributed by atoms with E-state index in [0.29, 0.717) is 5.69 Å². The first kappa shape index (κ1) is 7.02. The van der Waals surface area contributed by atoms with E-state index in [4.69, 9.17) is 5.21 Å². The van der Waals surface area contributed by atoms with Crippen molar-refractivity contribution in [2.24, 2.45) is 0 Å². The van der Waals surface area contributed by atoms with Gasteiger partial charge in [0.1, 0.15) is 0 Å². The van der Waals surface area contributed by atoms with Crippen LogP contribution in [0.3, 0.4) is 0 Å². The van der Waals surface area contributed by atoms with Gasteiger partial charge in [-0.05, 0) is 19.1 Å². The third-order valence-corrected chi connectivity index (χ3v) is 1.27. The number of hydrogen-bond donors (Lipinski definition) is 1. The van der Waals surface area contributed by atoms with Crippen molar-refractivity contribution < 1.29 is 5.21 Å². The molecule has 1 aromatic rings. The highest BCUT2D eigenvalue weighted by atomic mass is 16.5. The van der Waals surface area contributed by atoms with Crippen LogP contribution in [-0.4, -0.2) is 17.2 Å². The van der Waals surface area contributed by atoms with Gasteiger partial charge < -0.3 is 0 Å². The number of hydroxylamine groups is 1. The molecule has 0 aliphatic rings. The number of hydrogen-bond acceptors (Lipinski definition) is 3. The number of rotatable bonds is 1. The van der Waals surface area contributed by atoms with Gasteiger partial charge in [-0.2, -0.15) is 0 Å². The normalized spacial score (nSPS) is 9.50. The highest BCUT2D eigenvalue weighted by molar-refractivity contribution is 5.40. The lowest BCUT2D eigenvalue weighted by Crippen LogP contribution is -2.09. The van der Waals surface area contributed by atoms with E-state index in [1.54, 1.807) is 13.2 Å². The average Bonchev–Trinajstić information content (AvgIpc) is 1.88. The minimum absolute atomic E-state index is 0.700. The lowest BCUT2D eigenvalue weighted by Gasteiger charge is -2.08. The maximum atomic E-state index is 8.91. The molecular weight excluding hydrogens is 128 g/mol. The second-order valence-electron chi connectivity index (χ2n) is 2.18. The molecule has 0 spiro atoms. The van der Waals surface area contributed by atoms with E-state index >= 15 is 0 Å². The highest BCUT2D eigenvalue weighted by Crippen LogP contribution is 2.07. The number of anilines is 1. The quantitative estimate of drug-likeness (QED) is 0.593. The highest BCUT2D eigenvalue weighted by Gasteiger charge is 1.93. The molecule has 0 saturated heterocycles. The Morgan fingerprint density at radius 2 is 2.20 bits per heavy atom. The maximum Gasteiger partial charge on any atom is 0.0814 e. The van der Waals surface area contributed by atoms with E-state index in [-0.39, 0.29) is 0 Å². The largest absolute Gasteiger partial charge is 0.289 e. The summed E-state index contributed by atoms with van der Waals surface area (Å²) in [5, 5.41) is 9.94. The van der Waals surface area contributed by atoms with Crippen molar-refractivity contribution in [1.29, 1.82) is 0 Å². The van der Waals surface area contributed by atoms with Crippen LogP contribution in [0, 0.1) is 6.92 Å². The van der Waals surface area contributed by atoms with Crippen LogP contribution >= 0.6 is 0 Å². The molecule has 1 aromatic heterocycles. The van der Waals surface area contributed by atoms with E-state index < -0.39 is 0 Å². The first-order valence-electron chi connectivity index (χ1n) is 3.05.